The first kappa shape index (κ1) is 18.5. The van der Waals surface area contributed by atoms with E-state index in [2.05, 4.69) is 53.4 Å². The van der Waals surface area contributed by atoms with Crippen molar-refractivity contribution in [1.82, 2.24) is 4.90 Å². The minimum atomic E-state index is -0.409. The van der Waals surface area contributed by atoms with E-state index in [9.17, 15) is 9.59 Å². The number of hydrogen-bond acceptors (Lipinski definition) is 3. The van der Waals surface area contributed by atoms with Crippen LogP contribution in [0.2, 0.25) is 0 Å². The van der Waals surface area contributed by atoms with Gasteiger partial charge < -0.3 is 15.5 Å². The van der Waals surface area contributed by atoms with Crippen LogP contribution in [-0.2, 0) is 9.59 Å². The molecule has 0 saturated carbocycles. The molecular formula is C23H27N3O2. The minimum Gasteiger partial charge on any atom is -0.371 e. The van der Waals surface area contributed by atoms with E-state index in [1.807, 2.05) is 6.07 Å². The number of carbonyl (C=O) groups excluding carboxylic acids is 2. The van der Waals surface area contributed by atoms with Gasteiger partial charge in [0.1, 0.15) is 6.04 Å². The zero-order valence-corrected chi connectivity index (χ0v) is 16.1. The van der Waals surface area contributed by atoms with Gasteiger partial charge in [-0.1, -0.05) is 42.5 Å². The van der Waals surface area contributed by atoms with Crippen LogP contribution in [0.25, 0.3) is 11.1 Å². The van der Waals surface area contributed by atoms with E-state index in [0.717, 1.165) is 32.4 Å². The molecule has 146 valence electrons. The van der Waals surface area contributed by atoms with Gasteiger partial charge in [-0.15, -0.1) is 0 Å². The summed E-state index contributed by atoms with van der Waals surface area (Å²) < 4.78 is 0. The lowest BCUT2D eigenvalue weighted by Gasteiger charge is -2.35. The number of piperidine rings is 1. The maximum atomic E-state index is 12.9. The lowest BCUT2D eigenvalue weighted by atomic mass is 9.94. The molecule has 0 radical (unpaired) electrons. The Hall–Kier alpha value is -2.82. The van der Waals surface area contributed by atoms with E-state index >= 15 is 0 Å². The molecule has 0 aliphatic carbocycles. The largest absolute Gasteiger partial charge is 0.371 e. The Bertz CT molecular complexity index is 844. The third-order valence-corrected chi connectivity index (χ3v) is 6.03. The maximum absolute atomic E-state index is 12.9. The van der Waals surface area contributed by atoms with Crippen molar-refractivity contribution in [3.63, 3.8) is 0 Å². The number of nitrogens with two attached hydrogens (primary N) is 1. The fourth-order valence-corrected chi connectivity index (χ4v) is 4.46. The summed E-state index contributed by atoms with van der Waals surface area (Å²) in [5.74, 6) is -0.270. The van der Waals surface area contributed by atoms with Gasteiger partial charge in [-0.2, -0.15) is 0 Å². The van der Waals surface area contributed by atoms with E-state index in [1.165, 1.54) is 16.8 Å². The molecule has 2 aliphatic heterocycles. The lowest BCUT2D eigenvalue weighted by molar-refractivity contribution is -0.141. The number of rotatable bonds is 4. The van der Waals surface area contributed by atoms with Crippen molar-refractivity contribution in [2.45, 2.75) is 31.7 Å². The topological polar surface area (TPSA) is 66.6 Å². The van der Waals surface area contributed by atoms with Gasteiger partial charge in [0, 0.05) is 31.2 Å². The molecule has 2 N–H and O–H groups in total. The molecule has 2 heterocycles. The van der Waals surface area contributed by atoms with Crippen molar-refractivity contribution in [1.29, 1.82) is 0 Å². The highest BCUT2D eigenvalue weighted by atomic mass is 16.2. The average molecular weight is 377 g/mol. The second-order valence-electron chi connectivity index (χ2n) is 7.77. The minimum absolute atomic E-state index is 0.00601. The van der Waals surface area contributed by atoms with E-state index < -0.39 is 6.04 Å². The van der Waals surface area contributed by atoms with Crippen molar-refractivity contribution >= 4 is 17.5 Å². The summed E-state index contributed by atoms with van der Waals surface area (Å²) in [6.45, 7) is 2.36. The number of anilines is 1. The van der Waals surface area contributed by atoms with Crippen LogP contribution in [0.15, 0.2) is 54.6 Å². The number of primary amides is 1. The van der Waals surface area contributed by atoms with Gasteiger partial charge in [-0.05, 0) is 48.9 Å². The zero-order valence-electron chi connectivity index (χ0n) is 16.1. The monoisotopic (exact) mass is 377 g/mol. The summed E-state index contributed by atoms with van der Waals surface area (Å²) in [7, 11) is 0. The number of benzene rings is 2. The number of hydrogen-bond donors (Lipinski definition) is 1. The molecule has 1 atom stereocenters. The van der Waals surface area contributed by atoms with Crippen molar-refractivity contribution < 1.29 is 9.59 Å². The molecule has 2 saturated heterocycles. The van der Waals surface area contributed by atoms with E-state index in [0.29, 0.717) is 13.0 Å². The maximum Gasteiger partial charge on any atom is 0.240 e. The van der Waals surface area contributed by atoms with E-state index in [4.69, 9.17) is 5.73 Å². The van der Waals surface area contributed by atoms with Crippen LogP contribution in [0.1, 0.15) is 25.7 Å². The molecule has 0 aromatic heterocycles. The molecule has 28 heavy (non-hydrogen) atoms. The molecule has 2 aromatic rings. The van der Waals surface area contributed by atoms with Crippen LogP contribution in [0.3, 0.4) is 0 Å². The quantitative estimate of drug-likeness (QED) is 0.891. The first-order chi connectivity index (χ1) is 13.6. The molecule has 0 spiro atoms. The molecule has 5 heteroatoms. The Morgan fingerprint density at radius 1 is 0.857 bits per heavy atom. The molecule has 2 amide bonds. The summed E-state index contributed by atoms with van der Waals surface area (Å²) in [6, 6.07) is 18.5. The summed E-state index contributed by atoms with van der Waals surface area (Å²) >= 11 is 0. The van der Waals surface area contributed by atoms with E-state index in [1.54, 1.807) is 4.90 Å². The van der Waals surface area contributed by atoms with Gasteiger partial charge in [-0.3, -0.25) is 9.59 Å². The van der Waals surface area contributed by atoms with Gasteiger partial charge >= 0.3 is 0 Å². The second-order valence-corrected chi connectivity index (χ2v) is 7.77. The van der Waals surface area contributed by atoms with Crippen molar-refractivity contribution in [3.8, 4) is 11.1 Å². The smallest absolute Gasteiger partial charge is 0.240 e. The van der Waals surface area contributed by atoms with Gasteiger partial charge in [0.05, 0.1) is 0 Å². The molecule has 0 bridgehead atoms. The van der Waals surface area contributed by atoms with Crippen molar-refractivity contribution in [3.05, 3.63) is 54.6 Å². The van der Waals surface area contributed by atoms with E-state index in [-0.39, 0.29) is 17.7 Å². The highest BCUT2D eigenvalue weighted by molar-refractivity contribution is 5.88. The van der Waals surface area contributed by atoms with Crippen LogP contribution < -0.4 is 10.6 Å². The normalized spacial score (nSPS) is 20.4. The predicted molar refractivity (Wildman–Crippen MR) is 111 cm³/mol. The molecule has 5 nitrogen and oxygen atoms in total. The summed E-state index contributed by atoms with van der Waals surface area (Å²) in [5, 5.41) is 0. The summed E-state index contributed by atoms with van der Waals surface area (Å²) in [6.07, 6.45) is 3.20. The first-order valence-corrected chi connectivity index (χ1v) is 10.1. The Kier molecular flexibility index (Phi) is 5.33. The van der Waals surface area contributed by atoms with Crippen LogP contribution in [0.4, 0.5) is 5.69 Å². The Labute approximate surface area is 166 Å². The summed E-state index contributed by atoms with van der Waals surface area (Å²) in [4.78, 5) is 28.6. The predicted octanol–water partition coefficient (Wildman–Crippen LogP) is 3.05. The lowest BCUT2D eigenvalue weighted by Crippen LogP contribution is -2.48. The zero-order chi connectivity index (χ0) is 19.5. The number of amides is 2. The molecule has 2 aliphatic rings. The van der Waals surface area contributed by atoms with Crippen LogP contribution in [-0.4, -0.2) is 42.4 Å². The second kappa shape index (κ2) is 8.05. The van der Waals surface area contributed by atoms with Gasteiger partial charge in [-0.25, -0.2) is 0 Å². The standard InChI is InChI=1S/C23H27N3O2/c24-22(27)21-10-5-13-26(21)23(28)18-11-14-25(15-12-18)20-9-4-8-19(16-20)17-6-2-1-3-7-17/h1-4,6-9,16,18,21H,5,10-15H2,(H2,24,27). The van der Waals surface area contributed by atoms with Crippen molar-refractivity contribution in [2.75, 3.05) is 24.5 Å². The van der Waals surface area contributed by atoms with Gasteiger partial charge in [0.15, 0.2) is 0 Å². The number of nitrogens with zero attached hydrogens (tertiary/aromatic N) is 2. The molecular weight excluding hydrogens is 350 g/mol. The Balaban J connectivity index is 1.41. The third kappa shape index (κ3) is 3.75. The highest BCUT2D eigenvalue weighted by Crippen LogP contribution is 2.30. The number of likely N-dealkylation sites (tertiary alicyclic amines) is 1. The summed E-state index contributed by atoms with van der Waals surface area (Å²) in [5.41, 5.74) is 9.09. The molecule has 4 rings (SSSR count). The molecule has 2 fully saturated rings. The Morgan fingerprint density at radius 3 is 2.29 bits per heavy atom. The first-order valence-electron chi connectivity index (χ1n) is 10.1. The van der Waals surface area contributed by atoms with Gasteiger partial charge in [0.2, 0.25) is 11.8 Å². The van der Waals surface area contributed by atoms with Crippen LogP contribution >= 0.6 is 0 Å². The van der Waals surface area contributed by atoms with Gasteiger partial charge in [0.25, 0.3) is 0 Å². The van der Waals surface area contributed by atoms with Crippen LogP contribution in [0, 0.1) is 5.92 Å². The highest BCUT2D eigenvalue weighted by Gasteiger charge is 2.37. The average Bonchev–Trinajstić information content (AvgIpc) is 3.24. The third-order valence-electron chi connectivity index (χ3n) is 6.03. The fourth-order valence-electron chi connectivity index (χ4n) is 4.46. The van der Waals surface area contributed by atoms with Crippen molar-refractivity contribution in [2.24, 2.45) is 11.7 Å². The SMILES string of the molecule is NC(=O)C1CCCN1C(=O)C1CCN(c2cccc(-c3ccccc3)c2)CC1. The van der Waals surface area contributed by atoms with Crippen LogP contribution in [0.5, 0.6) is 0 Å². The molecule has 2 aromatic carbocycles. The Morgan fingerprint density at radius 2 is 1.57 bits per heavy atom. The molecule has 1 unspecified atom stereocenters. The number of carbonyl (C=O) groups is 2. The fraction of sp³-hybridized carbons (Fsp3) is 0.391.